The van der Waals surface area contributed by atoms with E-state index in [4.69, 9.17) is 4.74 Å². The summed E-state index contributed by atoms with van der Waals surface area (Å²) < 4.78 is 5.13. The zero-order chi connectivity index (χ0) is 19.8. The van der Waals surface area contributed by atoms with Gasteiger partial charge in [0, 0.05) is 12.7 Å². The fraction of sp³-hybridized carbons (Fsp3) is 0.250. The Labute approximate surface area is 158 Å². The van der Waals surface area contributed by atoms with Gasteiger partial charge in [0.2, 0.25) is 11.8 Å². The lowest BCUT2D eigenvalue weighted by atomic mass is 10.2. The molecule has 0 aliphatic heterocycles. The summed E-state index contributed by atoms with van der Waals surface area (Å²) in [5.41, 5.74) is 2.09. The predicted molar refractivity (Wildman–Crippen MR) is 103 cm³/mol. The largest absolute Gasteiger partial charge is 0.496 e. The summed E-state index contributed by atoms with van der Waals surface area (Å²) in [5.74, 6) is -0.686. The van der Waals surface area contributed by atoms with Crippen molar-refractivity contribution in [2.24, 2.45) is 0 Å². The zero-order valence-corrected chi connectivity index (χ0v) is 15.6. The molecule has 0 saturated carbocycles. The molecule has 0 atom stereocenters. The van der Waals surface area contributed by atoms with E-state index in [9.17, 15) is 14.4 Å². The third-order valence-electron chi connectivity index (χ3n) is 3.89. The van der Waals surface area contributed by atoms with Gasteiger partial charge in [-0.15, -0.1) is 0 Å². The van der Waals surface area contributed by atoms with Crippen LogP contribution in [0.3, 0.4) is 0 Å². The molecule has 2 aromatic rings. The number of amides is 3. The number of para-hydroxylation sites is 1. The summed E-state index contributed by atoms with van der Waals surface area (Å²) in [5, 5.41) is 5.27. The predicted octanol–water partition coefficient (Wildman–Crippen LogP) is 1.83. The molecule has 3 amide bonds. The number of hydrogen-bond acceptors (Lipinski definition) is 4. The van der Waals surface area contributed by atoms with Gasteiger partial charge in [-0.25, -0.2) is 0 Å². The van der Waals surface area contributed by atoms with Gasteiger partial charge in [0.1, 0.15) is 5.75 Å². The Balaban J connectivity index is 1.83. The molecule has 0 fully saturated rings. The first-order valence-corrected chi connectivity index (χ1v) is 8.42. The summed E-state index contributed by atoms with van der Waals surface area (Å²) in [6.07, 6.45) is 0. The molecular formula is C20H23N3O4. The standard InChI is InChI=1S/C20H23N3O4/c1-14-8-10-15(11-9-14)22-18(24)13-23(2)19(25)12-21-20(26)16-6-4-5-7-17(16)27-3/h4-11H,12-13H2,1-3H3,(H,21,26)(H,22,24). The van der Waals surface area contributed by atoms with Crippen molar-refractivity contribution in [1.29, 1.82) is 0 Å². The number of ether oxygens (including phenoxy) is 1. The Morgan fingerprint density at radius 2 is 1.70 bits per heavy atom. The number of rotatable bonds is 7. The summed E-state index contributed by atoms with van der Waals surface area (Å²) in [6, 6.07) is 14.1. The molecule has 0 spiro atoms. The van der Waals surface area contributed by atoms with Crippen LogP contribution in [0, 0.1) is 6.92 Å². The van der Waals surface area contributed by atoms with Gasteiger partial charge in [-0.3, -0.25) is 14.4 Å². The van der Waals surface area contributed by atoms with Crippen LogP contribution < -0.4 is 15.4 Å². The Morgan fingerprint density at radius 3 is 2.37 bits per heavy atom. The van der Waals surface area contributed by atoms with Crippen LogP contribution in [0.4, 0.5) is 5.69 Å². The lowest BCUT2D eigenvalue weighted by Gasteiger charge is -2.17. The van der Waals surface area contributed by atoms with E-state index in [1.165, 1.54) is 19.1 Å². The maximum atomic E-state index is 12.2. The second-order valence-corrected chi connectivity index (χ2v) is 6.05. The van der Waals surface area contributed by atoms with Crippen molar-refractivity contribution >= 4 is 23.4 Å². The summed E-state index contributed by atoms with van der Waals surface area (Å²) in [4.78, 5) is 37.7. The van der Waals surface area contributed by atoms with Crippen LogP contribution >= 0.6 is 0 Å². The number of hydrogen-bond donors (Lipinski definition) is 2. The first-order valence-electron chi connectivity index (χ1n) is 8.42. The molecule has 0 unspecified atom stereocenters. The second-order valence-electron chi connectivity index (χ2n) is 6.05. The van der Waals surface area contributed by atoms with Crippen LogP contribution in [0.1, 0.15) is 15.9 Å². The van der Waals surface area contributed by atoms with E-state index < -0.39 is 5.91 Å². The monoisotopic (exact) mass is 369 g/mol. The van der Waals surface area contributed by atoms with E-state index in [1.807, 2.05) is 19.1 Å². The summed E-state index contributed by atoms with van der Waals surface area (Å²) in [6.45, 7) is 1.62. The van der Waals surface area contributed by atoms with Crippen molar-refractivity contribution in [2.75, 3.05) is 32.6 Å². The number of anilines is 1. The smallest absolute Gasteiger partial charge is 0.255 e. The lowest BCUT2D eigenvalue weighted by molar-refractivity contribution is -0.132. The van der Waals surface area contributed by atoms with Gasteiger partial charge < -0.3 is 20.3 Å². The van der Waals surface area contributed by atoms with Crippen LogP contribution in [0.5, 0.6) is 5.75 Å². The maximum absolute atomic E-state index is 12.2. The Bertz CT molecular complexity index is 818. The summed E-state index contributed by atoms with van der Waals surface area (Å²) >= 11 is 0. The van der Waals surface area contributed by atoms with E-state index in [0.29, 0.717) is 17.0 Å². The highest BCUT2D eigenvalue weighted by molar-refractivity contribution is 5.99. The molecular weight excluding hydrogens is 346 g/mol. The fourth-order valence-corrected chi connectivity index (χ4v) is 2.36. The van der Waals surface area contributed by atoms with Gasteiger partial charge in [0.05, 0.1) is 25.8 Å². The summed E-state index contributed by atoms with van der Waals surface area (Å²) in [7, 11) is 2.98. The number of nitrogens with zero attached hydrogens (tertiary/aromatic N) is 1. The molecule has 2 aromatic carbocycles. The van der Waals surface area contributed by atoms with Crippen molar-refractivity contribution in [3.8, 4) is 5.75 Å². The molecule has 0 aliphatic rings. The average Bonchev–Trinajstić information content (AvgIpc) is 2.67. The van der Waals surface area contributed by atoms with Crippen molar-refractivity contribution in [1.82, 2.24) is 10.2 Å². The van der Waals surface area contributed by atoms with E-state index >= 15 is 0 Å². The zero-order valence-electron chi connectivity index (χ0n) is 15.6. The third kappa shape index (κ3) is 5.85. The van der Waals surface area contributed by atoms with Gasteiger partial charge in [0.15, 0.2) is 0 Å². The van der Waals surface area contributed by atoms with Crippen molar-refractivity contribution in [3.63, 3.8) is 0 Å². The number of aryl methyl sites for hydroxylation is 1. The quantitative estimate of drug-likeness (QED) is 0.779. The molecule has 0 aromatic heterocycles. The molecule has 0 bridgehead atoms. The molecule has 142 valence electrons. The number of carbonyl (C=O) groups is 3. The van der Waals surface area contributed by atoms with Gasteiger partial charge in [-0.2, -0.15) is 0 Å². The van der Waals surface area contributed by atoms with Gasteiger partial charge in [0.25, 0.3) is 5.91 Å². The van der Waals surface area contributed by atoms with E-state index in [-0.39, 0.29) is 24.9 Å². The Kier molecular flexibility index (Phi) is 6.93. The minimum atomic E-state index is -0.418. The Morgan fingerprint density at radius 1 is 1.04 bits per heavy atom. The fourth-order valence-electron chi connectivity index (χ4n) is 2.36. The van der Waals surface area contributed by atoms with E-state index in [2.05, 4.69) is 10.6 Å². The highest BCUT2D eigenvalue weighted by atomic mass is 16.5. The molecule has 27 heavy (non-hydrogen) atoms. The first kappa shape index (κ1) is 20.0. The molecule has 0 saturated heterocycles. The van der Waals surface area contributed by atoms with Gasteiger partial charge in [-0.1, -0.05) is 29.8 Å². The number of nitrogens with one attached hydrogen (secondary N) is 2. The highest BCUT2D eigenvalue weighted by Gasteiger charge is 2.16. The van der Waals surface area contributed by atoms with E-state index in [0.717, 1.165) is 5.56 Å². The number of carbonyl (C=O) groups excluding carboxylic acids is 3. The molecule has 0 radical (unpaired) electrons. The van der Waals surface area contributed by atoms with Crippen molar-refractivity contribution < 1.29 is 19.1 Å². The Hall–Kier alpha value is -3.35. The number of benzene rings is 2. The van der Waals surface area contributed by atoms with Crippen LogP contribution in [0.15, 0.2) is 48.5 Å². The topological polar surface area (TPSA) is 87.7 Å². The average molecular weight is 369 g/mol. The maximum Gasteiger partial charge on any atom is 0.255 e. The normalized spacial score (nSPS) is 10.0. The van der Waals surface area contributed by atoms with Crippen molar-refractivity contribution in [2.45, 2.75) is 6.92 Å². The van der Waals surface area contributed by atoms with Gasteiger partial charge >= 0.3 is 0 Å². The minimum Gasteiger partial charge on any atom is -0.496 e. The third-order valence-corrected chi connectivity index (χ3v) is 3.89. The lowest BCUT2D eigenvalue weighted by Crippen LogP contribution is -2.41. The van der Waals surface area contributed by atoms with Crippen LogP contribution in [0.2, 0.25) is 0 Å². The first-order chi connectivity index (χ1) is 12.9. The number of likely N-dealkylation sites (N-methyl/N-ethyl adjacent to an activating group) is 1. The molecule has 2 rings (SSSR count). The van der Waals surface area contributed by atoms with Crippen LogP contribution in [-0.2, 0) is 9.59 Å². The SMILES string of the molecule is COc1ccccc1C(=O)NCC(=O)N(C)CC(=O)Nc1ccc(C)cc1. The van der Waals surface area contributed by atoms with Crippen LogP contribution in [-0.4, -0.2) is 49.9 Å². The van der Waals surface area contributed by atoms with Crippen molar-refractivity contribution in [3.05, 3.63) is 59.7 Å². The second kappa shape index (κ2) is 9.38. The molecule has 7 heteroatoms. The van der Waals surface area contributed by atoms with Gasteiger partial charge in [-0.05, 0) is 31.2 Å². The highest BCUT2D eigenvalue weighted by Crippen LogP contribution is 2.16. The molecule has 0 aliphatic carbocycles. The number of methoxy groups -OCH3 is 1. The minimum absolute atomic E-state index is 0.114. The molecule has 2 N–H and O–H groups in total. The van der Waals surface area contributed by atoms with Crippen LogP contribution in [0.25, 0.3) is 0 Å². The van der Waals surface area contributed by atoms with E-state index in [1.54, 1.807) is 36.4 Å². The molecule has 7 nitrogen and oxygen atoms in total. The molecule has 0 heterocycles.